The molecule has 8 nitrogen and oxygen atoms in total. The van der Waals surface area contributed by atoms with E-state index in [4.69, 9.17) is 9.05 Å². The van der Waals surface area contributed by atoms with Gasteiger partial charge in [-0.2, -0.15) is 0 Å². The molecule has 0 fully saturated rings. The number of rotatable bonds is 54. The van der Waals surface area contributed by atoms with Gasteiger partial charge in [-0.25, -0.2) is 0 Å². The fourth-order valence-corrected chi connectivity index (χ4v) is 9.64. The van der Waals surface area contributed by atoms with Gasteiger partial charge in [-0.3, -0.25) is 9.36 Å². The molecule has 0 radical (unpaired) electrons. The van der Waals surface area contributed by atoms with Crippen LogP contribution in [0, 0.1) is 0 Å². The summed E-state index contributed by atoms with van der Waals surface area (Å²) in [5.74, 6) is -0.164. The highest BCUT2D eigenvalue weighted by molar-refractivity contribution is 7.45. The van der Waals surface area contributed by atoms with E-state index in [2.05, 4.69) is 31.3 Å². The van der Waals surface area contributed by atoms with Crippen LogP contribution in [0.4, 0.5) is 0 Å². The molecule has 1 amide bonds. The molecule has 0 saturated carbocycles. The zero-order valence-electron chi connectivity index (χ0n) is 44.9. The summed E-state index contributed by atoms with van der Waals surface area (Å²) < 4.78 is 23.4. The number of allylic oxidation sites excluding steroid dienone is 2. The highest BCUT2D eigenvalue weighted by atomic mass is 31.2. The number of aliphatic hydroxyl groups is 1. The van der Waals surface area contributed by atoms with Crippen LogP contribution >= 0.6 is 7.82 Å². The minimum atomic E-state index is -4.57. The first-order valence-corrected chi connectivity index (χ1v) is 30.5. The Balaban J connectivity index is 4.16. The van der Waals surface area contributed by atoms with E-state index in [0.29, 0.717) is 23.9 Å². The molecule has 0 aliphatic carbocycles. The number of quaternary nitrogens is 1. The van der Waals surface area contributed by atoms with Crippen molar-refractivity contribution in [2.75, 3.05) is 40.9 Å². The van der Waals surface area contributed by atoms with Gasteiger partial charge in [-0.15, -0.1) is 0 Å². The highest BCUT2D eigenvalue weighted by Crippen LogP contribution is 2.38. The number of nitrogens with one attached hydrogen (secondary N) is 1. The molecule has 0 bridgehead atoms. The van der Waals surface area contributed by atoms with Crippen LogP contribution in [0.3, 0.4) is 0 Å². The Bertz CT molecular complexity index is 1080. The van der Waals surface area contributed by atoms with Crippen molar-refractivity contribution in [3.05, 3.63) is 12.2 Å². The van der Waals surface area contributed by atoms with Gasteiger partial charge >= 0.3 is 0 Å². The number of carbonyl (C=O) groups excluding carboxylic acids is 1. The number of nitrogens with zero attached hydrogens (tertiary/aromatic N) is 1. The Kier molecular flexibility index (Phi) is 48.7. The molecule has 2 N–H and O–H groups in total. The molecule has 0 spiro atoms. The number of likely N-dealkylation sites (N-methyl/N-ethyl adjacent to an activating group) is 1. The molecule has 0 saturated heterocycles. The summed E-state index contributed by atoms with van der Waals surface area (Å²) in [5.41, 5.74) is 0. The third kappa shape index (κ3) is 51.1. The highest BCUT2D eigenvalue weighted by Gasteiger charge is 2.24. The predicted octanol–water partition coefficient (Wildman–Crippen LogP) is 16.8. The molecule has 66 heavy (non-hydrogen) atoms. The third-order valence-corrected chi connectivity index (χ3v) is 14.5. The number of phosphoric ester groups is 1. The van der Waals surface area contributed by atoms with Gasteiger partial charge in [-0.1, -0.05) is 264 Å². The van der Waals surface area contributed by atoms with Gasteiger partial charge < -0.3 is 28.8 Å². The Morgan fingerprint density at radius 3 is 1.18 bits per heavy atom. The molecule has 0 aliphatic rings. The van der Waals surface area contributed by atoms with Crippen LogP contribution in [0.2, 0.25) is 0 Å². The smallest absolute Gasteiger partial charge is 0.268 e. The van der Waals surface area contributed by atoms with Crippen molar-refractivity contribution in [2.24, 2.45) is 0 Å². The maximum atomic E-state index is 13.0. The Hall–Kier alpha value is -0.760. The van der Waals surface area contributed by atoms with Gasteiger partial charge in [0.05, 0.1) is 39.9 Å². The standard InChI is InChI=1S/C57H115N2O6P/c1-6-8-10-12-14-16-18-20-22-24-26-28-29-31-33-35-37-39-41-43-45-47-49-51-57(61)58-55(54-65-66(62,63)64-53-52-59(3,4)5)56(60)50-48-46-44-42-40-38-36-34-32-30-27-25-23-21-19-17-15-13-11-9-7-2/h31,33,55-56,60H,6-30,32,34-54H2,1-5H3,(H-,58,61,62,63)/b33-31-. The van der Waals surface area contributed by atoms with Gasteiger partial charge in [0.25, 0.3) is 7.82 Å². The monoisotopic (exact) mass is 955 g/mol. The van der Waals surface area contributed by atoms with Crippen molar-refractivity contribution < 1.29 is 32.9 Å². The lowest BCUT2D eigenvalue weighted by atomic mass is 10.0. The molecule has 0 heterocycles. The Morgan fingerprint density at radius 1 is 0.515 bits per heavy atom. The first kappa shape index (κ1) is 65.2. The predicted molar refractivity (Wildman–Crippen MR) is 284 cm³/mol. The number of phosphoric acid groups is 1. The first-order valence-electron chi connectivity index (χ1n) is 29.0. The number of aliphatic hydroxyl groups excluding tert-OH is 1. The maximum Gasteiger partial charge on any atom is 0.268 e. The largest absolute Gasteiger partial charge is 0.756 e. The summed E-state index contributed by atoms with van der Waals surface area (Å²) in [6, 6.07) is -0.800. The number of amides is 1. The quantitative estimate of drug-likeness (QED) is 0.0272. The van der Waals surface area contributed by atoms with E-state index in [1.165, 1.54) is 231 Å². The van der Waals surface area contributed by atoms with Crippen LogP contribution in [-0.4, -0.2) is 68.5 Å². The van der Waals surface area contributed by atoms with E-state index >= 15 is 0 Å². The van der Waals surface area contributed by atoms with Gasteiger partial charge in [0.1, 0.15) is 13.2 Å². The lowest BCUT2D eigenvalue weighted by Gasteiger charge is -2.30. The fourth-order valence-electron chi connectivity index (χ4n) is 8.92. The van der Waals surface area contributed by atoms with Gasteiger partial charge in [0.2, 0.25) is 5.91 Å². The number of hydrogen-bond donors (Lipinski definition) is 2. The van der Waals surface area contributed by atoms with Crippen LogP contribution in [-0.2, 0) is 18.4 Å². The van der Waals surface area contributed by atoms with Crippen molar-refractivity contribution in [3.63, 3.8) is 0 Å². The number of unbranched alkanes of at least 4 members (excludes halogenated alkanes) is 39. The molecular weight excluding hydrogens is 840 g/mol. The van der Waals surface area contributed by atoms with Crippen molar-refractivity contribution in [1.29, 1.82) is 0 Å². The van der Waals surface area contributed by atoms with Crippen LogP contribution in [0.25, 0.3) is 0 Å². The van der Waals surface area contributed by atoms with E-state index < -0.39 is 20.0 Å². The second-order valence-electron chi connectivity index (χ2n) is 21.4. The van der Waals surface area contributed by atoms with Gasteiger partial charge in [0.15, 0.2) is 0 Å². The minimum absolute atomic E-state index is 0.0138. The minimum Gasteiger partial charge on any atom is -0.756 e. The van der Waals surface area contributed by atoms with E-state index in [1.807, 2.05) is 21.1 Å². The molecule has 0 rings (SSSR count). The maximum absolute atomic E-state index is 13.0. The molecule has 0 aromatic rings. The normalized spacial score (nSPS) is 14.0. The lowest BCUT2D eigenvalue weighted by Crippen LogP contribution is -2.46. The molecule has 3 atom stereocenters. The summed E-state index contributed by atoms with van der Waals surface area (Å²) >= 11 is 0. The van der Waals surface area contributed by atoms with E-state index in [9.17, 15) is 19.4 Å². The van der Waals surface area contributed by atoms with Crippen molar-refractivity contribution in [2.45, 2.75) is 309 Å². The summed E-state index contributed by atoms with van der Waals surface area (Å²) in [6.07, 6.45) is 59.5. The summed E-state index contributed by atoms with van der Waals surface area (Å²) in [5, 5.41) is 14.0. The van der Waals surface area contributed by atoms with Gasteiger partial charge in [-0.05, 0) is 38.5 Å². The summed E-state index contributed by atoms with van der Waals surface area (Å²) in [7, 11) is 1.32. The zero-order valence-corrected chi connectivity index (χ0v) is 45.8. The van der Waals surface area contributed by atoms with Crippen LogP contribution in [0.5, 0.6) is 0 Å². The molecule has 0 aromatic carbocycles. The first-order chi connectivity index (χ1) is 32.0. The van der Waals surface area contributed by atoms with E-state index in [-0.39, 0.29) is 19.1 Å². The molecule has 3 unspecified atom stereocenters. The number of carbonyl (C=O) groups is 1. The van der Waals surface area contributed by atoms with Gasteiger partial charge in [0, 0.05) is 6.42 Å². The topological polar surface area (TPSA) is 108 Å². The molecule has 0 aliphatic heterocycles. The Morgan fingerprint density at radius 2 is 0.833 bits per heavy atom. The zero-order chi connectivity index (χ0) is 48.5. The third-order valence-electron chi connectivity index (χ3n) is 13.5. The van der Waals surface area contributed by atoms with Crippen LogP contribution in [0.1, 0.15) is 296 Å². The molecule has 394 valence electrons. The van der Waals surface area contributed by atoms with Crippen LogP contribution < -0.4 is 10.2 Å². The average Bonchev–Trinajstić information content (AvgIpc) is 3.28. The second-order valence-corrected chi connectivity index (χ2v) is 22.8. The summed E-state index contributed by atoms with van der Waals surface area (Å²) in [6.45, 7) is 4.77. The molecular formula is C57H115N2O6P. The lowest BCUT2D eigenvalue weighted by molar-refractivity contribution is -0.870. The van der Waals surface area contributed by atoms with E-state index in [1.54, 1.807) is 0 Å². The SMILES string of the molecule is CCCCCCCCCCCCCC/C=C\CCCCCCCCCC(=O)NC(COP(=O)([O-])OCC[N+](C)(C)C)C(O)CCCCCCCCCCCCCCCCCCCCCCC. The van der Waals surface area contributed by atoms with Crippen LogP contribution in [0.15, 0.2) is 12.2 Å². The summed E-state index contributed by atoms with van der Waals surface area (Å²) in [4.78, 5) is 25.5. The number of hydrogen-bond acceptors (Lipinski definition) is 6. The molecule has 0 aromatic heterocycles. The second kappa shape index (κ2) is 49.2. The average molecular weight is 956 g/mol. The van der Waals surface area contributed by atoms with Crippen molar-refractivity contribution >= 4 is 13.7 Å². The fraction of sp³-hybridized carbons (Fsp3) is 0.947. The van der Waals surface area contributed by atoms with Crippen molar-refractivity contribution in [1.82, 2.24) is 5.32 Å². The Labute approximate surface area is 412 Å². The van der Waals surface area contributed by atoms with Crippen molar-refractivity contribution in [3.8, 4) is 0 Å². The van der Waals surface area contributed by atoms with E-state index in [0.717, 1.165) is 38.5 Å². The molecule has 9 heteroatoms.